The van der Waals surface area contributed by atoms with Gasteiger partial charge in [0, 0.05) is 37.9 Å². The van der Waals surface area contributed by atoms with Gasteiger partial charge in [0.15, 0.2) is 0 Å². The molecular formula is C21H25FN4O2. The molecule has 2 aliphatic rings. The maximum atomic E-state index is 13.1. The quantitative estimate of drug-likeness (QED) is 0.689. The van der Waals surface area contributed by atoms with E-state index in [9.17, 15) is 9.18 Å². The molecule has 148 valence electrons. The number of hydrogen-bond acceptors (Lipinski definition) is 4. The summed E-state index contributed by atoms with van der Waals surface area (Å²) in [6.45, 7) is 9.35. The van der Waals surface area contributed by atoms with Crippen LogP contribution in [0.25, 0.3) is 0 Å². The Balaban J connectivity index is 1.37. The molecule has 2 aliphatic heterocycles. The first-order valence-electron chi connectivity index (χ1n) is 9.61. The molecule has 2 fully saturated rings. The first kappa shape index (κ1) is 18.7. The van der Waals surface area contributed by atoms with Gasteiger partial charge in [0.1, 0.15) is 11.9 Å². The highest BCUT2D eigenvalue weighted by Gasteiger charge is 2.47. The van der Waals surface area contributed by atoms with E-state index < -0.39 is 0 Å². The van der Waals surface area contributed by atoms with E-state index in [0.717, 1.165) is 30.9 Å². The molecule has 6 nitrogen and oxygen atoms in total. The third-order valence-corrected chi connectivity index (χ3v) is 5.51. The lowest BCUT2D eigenvalue weighted by atomic mass is 10.1. The Bertz CT molecular complexity index is 864. The van der Waals surface area contributed by atoms with Gasteiger partial charge in [-0.25, -0.2) is 9.18 Å². The van der Waals surface area contributed by atoms with Crippen LogP contribution in [-0.4, -0.2) is 57.5 Å². The van der Waals surface area contributed by atoms with E-state index in [1.54, 1.807) is 12.1 Å². The van der Waals surface area contributed by atoms with Crippen molar-refractivity contribution in [3.8, 4) is 0 Å². The van der Waals surface area contributed by atoms with Crippen LogP contribution < -0.4 is 0 Å². The van der Waals surface area contributed by atoms with Crippen molar-refractivity contribution in [3.05, 3.63) is 65.8 Å². The number of amides is 1. The number of aryl methyl sites for hydroxylation is 1. The van der Waals surface area contributed by atoms with Crippen molar-refractivity contribution < 1.29 is 13.9 Å². The van der Waals surface area contributed by atoms with Crippen LogP contribution in [0.3, 0.4) is 0 Å². The summed E-state index contributed by atoms with van der Waals surface area (Å²) in [7, 11) is 0. The molecule has 1 aromatic carbocycles. The molecule has 7 heteroatoms. The largest absolute Gasteiger partial charge is 0.442 e. The number of carbonyl (C=O) groups is 1. The first-order valence-corrected chi connectivity index (χ1v) is 9.61. The lowest BCUT2D eigenvalue weighted by Crippen LogP contribution is -2.39. The molecule has 4 rings (SSSR count). The van der Waals surface area contributed by atoms with Crippen LogP contribution in [0.2, 0.25) is 0 Å². The normalized spacial score (nSPS) is 21.8. The van der Waals surface area contributed by atoms with E-state index in [1.165, 1.54) is 17.7 Å². The molecule has 1 amide bonds. The standard InChI is InChI=1S/C21H25FN4O2/c1-3-9-25-12-17(15(2)23-25)11-24-13-19-20(14-24)28-21(27)26(19)10-8-16-4-6-18(22)7-5-16/h3-7,12,19-20H,1,8-11,13-14H2,2H3/t19-,20+/m0/s1. The minimum absolute atomic E-state index is 0.0662. The van der Waals surface area contributed by atoms with E-state index in [-0.39, 0.29) is 24.1 Å². The zero-order valence-corrected chi connectivity index (χ0v) is 16.1. The Morgan fingerprint density at radius 1 is 1.32 bits per heavy atom. The SMILES string of the molecule is C=CCn1cc(CN2C[C@H]3OC(=O)N(CCc4ccc(F)cc4)[C@H]3C2)c(C)n1. The van der Waals surface area contributed by atoms with Crippen molar-refractivity contribution >= 4 is 6.09 Å². The fraction of sp³-hybridized carbons (Fsp3) is 0.429. The number of fused-ring (bicyclic) bond motifs is 1. The molecule has 2 atom stereocenters. The summed E-state index contributed by atoms with van der Waals surface area (Å²) in [5.74, 6) is -0.248. The number of allylic oxidation sites excluding steroid dienone is 1. The molecule has 0 saturated carbocycles. The molecule has 0 bridgehead atoms. The zero-order valence-electron chi connectivity index (χ0n) is 16.1. The summed E-state index contributed by atoms with van der Waals surface area (Å²) >= 11 is 0. The Morgan fingerprint density at radius 2 is 2.11 bits per heavy atom. The number of benzene rings is 1. The Kier molecular flexibility index (Phi) is 5.17. The molecule has 1 aromatic heterocycles. The lowest BCUT2D eigenvalue weighted by molar-refractivity contribution is 0.120. The monoisotopic (exact) mass is 384 g/mol. The van der Waals surface area contributed by atoms with Crippen molar-refractivity contribution in [3.63, 3.8) is 0 Å². The average Bonchev–Trinajstić information content (AvgIpc) is 3.28. The number of aromatic nitrogens is 2. The second-order valence-corrected chi connectivity index (χ2v) is 7.50. The Morgan fingerprint density at radius 3 is 2.86 bits per heavy atom. The van der Waals surface area contributed by atoms with Crippen molar-refractivity contribution in [2.24, 2.45) is 0 Å². The summed E-state index contributed by atoms with van der Waals surface area (Å²) in [6, 6.07) is 6.49. The fourth-order valence-electron chi connectivity index (χ4n) is 4.05. The third-order valence-electron chi connectivity index (χ3n) is 5.51. The summed E-state index contributed by atoms with van der Waals surface area (Å²) in [6.07, 6.45) is 4.24. The molecular weight excluding hydrogens is 359 g/mol. The average molecular weight is 384 g/mol. The lowest BCUT2D eigenvalue weighted by Gasteiger charge is -2.22. The smallest absolute Gasteiger partial charge is 0.410 e. The van der Waals surface area contributed by atoms with Gasteiger partial charge in [-0.2, -0.15) is 5.10 Å². The molecule has 28 heavy (non-hydrogen) atoms. The predicted molar refractivity (Wildman–Crippen MR) is 103 cm³/mol. The number of nitrogens with zero attached hydrogens (tertiary/aromatic N) is 4. The van der Waals surface area contributed by atoms with E-state index in [1.807, 2.05) is 22.6 Å². The van der Waals surface area contributed by atoms with E-state index in [0.29, 0.717) is 19.5 Å². The highest BCUT2D eigenvalue weighted by Crippen LogP contribution is 2.28. The van der Waals surface area contributed by atoms with Crippen LogP contribution in [0.4, 0.5) is 9.18 Å². The summed E-state index contributed by atoms with van der Waals surface area (Å²) < 4.78 is 20.6. The minimum atomic E-state index is -0.248. The van der Waals surface area contributed by atoms with Crippen LogP contribution in [-0.2, 0) is 24.2 Å². The number of hydrogen-bond donors (Lipinski definition) is 0. The zero-order chi connectivity index (χ0) is 19.7. The van der Waals surface area contributed by atoms with E-state index in [2.05, 4.69) is 22.8 Å². The maximum Gasteiger partial charge on any atom is 0.410 e. The number of likely N-dealkylation sites (tertiary alicyclic amines) is 1. The number of halogens is 1. The van der Waals surface area contributed by atoms with Gasteiger partial charge in [0.05, 0.1) is 18.3 Å². The second-order valence-electron chi connectivity index (χ2n) is 7.50. The van der Waals surface area contributed by atoms with Gasteiger partial charge in [-0.1, -0.05) is 18.2 Å². The van der Waals surface area contributed by atoms with Gasteiger partial charge in [0.2, 0.25) is 0 Å². The molecule has 0 spiro atoms. The van der Waals surface area contributed by atoms with E-state index >= 15 is 0 Å². The van der Waals surface area contributed by atoms with Gasteiger partial charge < -0.3 is 4.74 Å². The second kappa shape index (κ2) is 7.75. The van der Waals surface area contributed by atoms with Crippen molar-refractivity contribution in [1.29, 1.82) is 0 Å². The molecule has 0 aliphatic carbocycles. The van der Waals surface area contributed by atoms with Gasteiger partial charge in [0.25, 0.3) is 0 Å². The first-order chi connectivity index (χ1) is 13.5. The number of rotatable bonds is 7. The van der Waals surface area contributed by atoms with Crippen LogP contribution in [0.1, 0.15) is 16.8 Å². The molecule has 0 unspecified atom stereocenters. The van der Waals surface area contributed by atoms with Crippen molar-refractivity contribution in [2.45, 2.75) is 38.6 Å². The highest BCUT2D eigenvalue weighted by molar-refractivity contribution is 5.71. The van der Waals surface area contributed by atoms with Crippen LogP contribution in [0.5, 0.6) is 0 Å². The Hall–Kier alpha value is -2.67. The Labute approximate surface area is 164 Å². The van der Waals surface area contributed by atoms with Crippen molar-refractivity contribution in [1.82, 2.24) is 19.6 Å². The van der Waals surface area contributed by atoms with Crippen molar-refractivity contribution in [2.75, 3.05) is 19.6 Å². The van der Waals surface area contributed by atoms with Gasteiger partial charge >= 0.3 is 6.09 Å². The van der Waals surface area contributed by atoms with E-state index in [4.69, 9.17) is 4.74 Å². The molecule has 2 saturated heterocycles. The van der Waals surface area contributed by atoms with Crippen LogP contribution in [0, 0.1) is 12.7 Å². The molecule has 3 heterocycles. The molecule has 0 radical (unpaired) electrons. The highest BCUT2D eigenvalue weighted by atomic mass is 19.1. The van der Waals surface area contributed by atoms with Gasteiger partial charge in [-0.15, -0.1) is 6.58 Å². The minimum Gasteiger partial charge on any atom is -0.442 e. The predicted octanol–water partition coefficient (Wildman–Crippen LogP) is 2.76. The van der Waals surface area contributed by atoms with Crippen LogP contribution in [0.15, 0.2) is 43.1 Å². The topological polar surface area (TPSA) is 50.6 Å². The summed E-state index contributed by atoms with van der Waals surface area (Å²) in [4.78, 5) is 16.4. The molecule has 2 aromatic rings. The molecule has 0 N–H and O–H groups in total. The maximum absolute atomic E-state index is 13.1. The van der Waals surface area contributed by atoms with Gasteiger partial charge in [-0.3, -0.25) is 14.5 Å². The number of ether oxygens (including phenoxy) is 1. The number of carbonyl (C=O) groups excluding carboxylic acids is 1. The summed E-state index contributed by atoms with van der Waals surface area (Å²) in [5.41, 5.74) is 3.22. The fourth-order valence-corrected chi connectivity index (χ4v) is 4.05. The van der Waals surface area contributed by atoms with Crippen LogP contribution >= 0.6 is 0 Å². The summed E-state index contributed by atoms with van der Waals surface area (Å²) in [5, 5.41) is 4.51. The third kappa shape index (κ3) is 3.80. The van der Waals surface area contributed by atoms with Gasteiger partial charge in [-0.05, 0) is 31.0 Å².